The number of sulfonamides is 1. The summed E-state index contributed by atoms with van der Waals surface area (Å²) in [6.45, 7) is 7.01. The van der Waals surface area contributed by atoms with Gasteiger partial charge in [0.1, 0.15) is 0 Å². The summed E-state index contributed by atoms with van der Waals surface area (Å²) in [6.07, 6.45) is 4.56. The fourth-order valence-electron chi connectivity index (χ4n) is 4.80. The number of hydrogen-bond acceptors (Lipinski definition) is 5. The number of fused-ring (bicyclic) bond motifs is 1. The van der Waals surface area contributed by atoms with Crippen LogP contribution in [0.3, 0.4) is 0 Å². The van der Waals surface area contributed by atoms with Gasteiger partial charge in [0.2, 0.25) is 10.0 Å². The third-order valence-corrected chi connectivity index (χ3v) is 9.04. The van der Waals surface area contributed by atoms with Crippen molar-refractivity contribution in [1.29, 1.82) is 0 Å². The molecular formula is C29H38F2N4O5S. The van der Waals surface area contributed by atoms with E-state index < -0.39 is 27.8 Å². The van der Waals surface area contributed by atoms with E-state index in [0.29, 0.717) is 25.6 Å². The fraction of sp³-hybridized carbons (Fsp3) is 0.448. The molecule has 2 heterocycles. The first-order valence-electron chi connectivity index (χ1n) is 13.6. The second-order valence-corrected chi connectivity index (χ2v) is 12.5. The number of alkyl halides is 2. The number of aromatic amines is 1. The normalized spacial score (nSPS) is 15.0. The average Bonchev–Trinajstić information content (AvgIpc) is 3.37. The number of carbonyl (C=O) groups is 2. The van der Waals surface area contributed by atoms with Crippen LogP contribution in [-0.4, -0.2) is 66.0 Å². The lowest BCUT2D eigenvalue weighted by Gasteiger charge is -2.31. The highest BCUT2D eigenvalue weighted by Gasteiger charge is 2.31. The van der Waals surface area contributed by atoms with Crippen molar-refractivity contribution in [1.82, 2.24) is 14.6 Å². The minimum atomic E-state index is -3.58. The molecule has 0 atom stereocenters. The molecule has 0 aliphatic carbocycles. The van der Waals surface area contributed by atoms with Crippen molar-refractivity contribution in [3.8, 4) is 11.1 Å². The van der Waals surface area contributed by atoms with Crippen LogP contribution in [0.1, 0.15) is 67.4 Å². The first kappa shape index (κ1) is 32.2. The van der Waals surface area contributed by atoms with Gasteiger partial charge < -0.3 is 21.1 Å². The van der Waals surface area contributed by atoms with E-state index in [1.54, 1.807) is 11.2 Å². The Balaban J connectivity index is 0.000000587. The van der Waals surface area contributed by atoms with Crippen molar-refractivity contribution in [3.05, 3.63) is 59.3 Å². The maximum Gasteiger partial charge on any atom is 0.374 e. The predicted octanol–water partition coefficient (Wildman–Crippen LogP) is 4.69. The van der Waals surface area contributed by atoms with Crippen LogP contribution in [-0.2, 0) is 21.4 Å². The van der Waals surface area contributed by atoms with Gasteiger partial charge in [0, 0.05) is 38.1 Å². The summed E-state index contributed by atoms with van der Waals surface area (Å²) < 4.78 is 48.6. The molecule has 1 fully saturated rings. The summed E-state index contributed by atoms with van der Waals surface area (Å²) in [5.74, 6) is -5.79. The number of nitrogens with two attached hydrogens (primary N) is 1. The maximum atomic E-state index is 12.3. The molecule has 12 heteroatoms. The number of nitrogens with one attached hydrogen (secondary N) is 2. The molecule has 1 aliphatic rings. The largest absolute Gasteiger partial charge is 0.477 e. The Labute approximate surface area is 239 Å². The molecule has 224 valence electrons. The Morgan fingerprint density at radius 1 is 1.12 bits per heavy atom. The number of aliphatic carboxylic acids is 1. The van der Waals surface area contributed by atoms with Crippen molar-refractivity contribution < 1.29 is 31.9 Å². The maximum absolute atomic E-state index is 12.3. The lowest BCUT2D eigenvalue weighted by Crippen LogP contribution is -2.38. The third-order valence-electron chi connectivity index (χ3n) is 7.16. The zero-order valence-corrected chi connectivity index (χ0v) is 24.4. The summed E-state index contributed by atoms with van der Waals surface area (Å²) in [5, 5.41) is 11.9. The minimum Gasteiger partial charge on any atom is -0.477 e. The number of benzene rings is 2. The van der Waals surface area contributed by atoms with Crippen LogP contribution >= 0.6 is 0 Å². The Morgan fingerprint density at radius 3 is 2.24 bits per heavy atom. The van der Waals surface area contributed by atoms with Gasteiger partial charge >= 0.3 is 11.9 Å². The van der Waals surface area contributed by atoms with E-state index in [-0.39, 0.29) is 11.7 Å². The number of amides is 1. The number of piperidine rings is 1. The standard InChI is InChI=1S/C26H34N4O3S.C3H4F2O2/c1-3-11-28-16-18-5-7-19(8-6-18)21-14-22-24(17-29-25(22)23(15-21)26(27)31)20-9-12-30(13-10-20)34(32,33)4-2;1-3(4,5)2(6)7/h5-8,14-15,17,20,28-29H,3-4,9-13,16H2,1-2H3,(H2,27,31);1H3,(H,6,7). The number of primary amides is 1. The molecular weight excluding hydrogens is 554 g/mol. The zero-order chi connectivity index (χ0) is 30.4. The topological polar surface area (TPSA) is 146 Å². The van der Waals surface area contributed by atoms with Crippen LogP contribution in [0.4, 0.5) is 8.78 Å². The molecule has 1 aliphatic heterocycles. The number of H-pyrrole nitrogens is 1. The molecule has 0 unspecified atom stereocenters. The van der Waals surface area contributed by atoms with E-state index in [9.17, 15) is 26.8 Å². The Kier molecular flexibility index (Phi) is 10.6. The van der Waals surface area contributed by atoms with Crippen molar-refractivity contribution in [3.63, 3.8) is 0 Å². The summed E-state index contributed by atoms with van der Waals surface area (Å²) in [4.78, 5) is 24.8. The second-order valence-electron chi connectivity index (χ2n) is 10.2. The Morgan fingerprint density at radius 2 is 1.73 bits per heavy atom. The second kappa shape index (κ2) is 13.5. The SMILES string of the molecule is CC(F)(F)C(=O)O.CCCNCc1ccc(-c2cc(C(N)=O)c3[nH]cc(C4CCN(S(=O)(=O)CC)CC4)c3c2)cc1. The quantitative estimate of drug-likeness (QED) is 0.251. The smallest absolute Gasteiger partial charge is 0.374 e. The first-order valence-corrected chi connectivity index (χ1v) is 15.2. The van der Waals surface area contributed by atoms with Crippen LogP contribution in [0.25, 0.3) is 22.0 Å². The molecule has 0 spiro atoms. The number of carboxylic acids is 1. The summed E-state index contributed by atoms with van der Waals surface area (Å²) in [7, 11) is -3.17. The van der Waals surface area contributed by atoms with E-state index in [1.165, 1.54) is 5.56 Å². The molecule has 0 bridgehead atoms. The number of rotatable bonds is 10. The number of halogens is 2. The molecule has 1 aromatic heterocycles. The summed E-state index contributed by atoms with van der Waals surface area (Å²) in [5.41, 5.74) is 11.3. The third kappa shape index (κ3) is 8.11. The molecule has 2 aromatic carbocycles. The highest BCUT2D eigenvalue weighted by atomic mass is 32.2. The summed E-state index contributed by atoms with van der Waals surface area (Å²) >= 11 is 0. The fourth-order valence-corrected chi connectivity index (χ4v) is 5.94. The average molecular weight is 593 g/mol. The van der Waals surface area contributed by atoms with Gasteiger partial charge in [-0.15, -0.1) is 0 Å². The van der Waals surface area contributed by atoms with Crippen molar-refractivity contribution in [2.24, 2.45) is 5.73 Å². The minimum absolute atomic E-state index is 0.129. The van der Waals surface area contributed by atoms with E-state index in [1.807, 2.05) is 12.3 Å². The van der Waals surface area contributed by atoms with Gasteiger partial charge in [-0.05, 0) is 73.0 Å². The van der Waals surface area contributed by atoms with Gasteiger partial charge in [-0.3, -0.25) is 4.79 Å². The van der Waals surface area contributed by atoms with Gasteiger partial charge in [0.25, 0.3) is 5.91 Å². The molecule has 4 rings (SSSR count). The van der Waals surface area contributed by atoms with E-state index in [2.05, 4.69) is 47.6 Å². The van der Waals surface area contributed by atoms with Crippen LogP contribution in [0.5, 0.6) is 0 Å². The van der Waals surface area contributed by atoms with E-state index in [0.717, 1.165) is 59.9 Å². The summed E-state index contributed by atoms with van der Waals surface area (Å²) in [6, 6.07) is 12.3. The molecule has 3 aromatic rings. The monoisotopic (exact) mass is 592 g/mol. The van der Waals surface area contributed by atoms with Crippen LogP contribution < -0.4 is 11.1 Å². The van der Waals surface area contributed by atoms with Crippen LogP contribution in [0.2, 0.25) is 0 Å². The molecule has 0 saturated carbocycles. The van der Waals surface area contributed by atoms with Gasteiger partial charge in [0.15, 0.2) is 0 Å². The lowest BCUT2D eigenvalue weighted by atomic mass is 9.88. The van der Waals surface area contributed by atoms with Crippen LogP contribution in [0.15, 0.2) is 42.6 Å². The van der Waals surface area contributed by atoms with Crippen LogP contribution in [0, 0.1) is 0 Å². The van der Waals surface area contributed by atoms with Crippen molar-refractivity contribution >= 4 is 32.8 Å². The highest BCUT2D eigenvalue weighted by molar-refractivity contribution is 7.89. The number of hydrogen-bond donors (Lipinski definition) is 4. The van der Waals surface area contributed by atoms with Gasteiger partial charge in [0.05, 0.1) is 16.8 Å². The first-order chi connectivity index (χ1) is 19.3. The molecule has 1 saturated heterocycles. The molecule has 5 N–H and O–H groups in total. The molecule has 1 amide bonds. The van der Waals surface area contributed by atoms with Crippen molar-refractivity contribution in [2.45, 2.75) is 58.4 Å². The van der Waals surface area contributed by atoms with Gasteiger partial charge in [-0.2, -0.15) is 8.78 Å². The Bertz CT molecular complexity index is 1460. The number of nitrogens with zero attached hydrogens (tertiary/aromatic N) is 1. The van der Waals surface area contributed by atoms with E-state index >= 15 is 0 Å². The molecule has 0 radical (unpaired) electrons. The number of carbonyl (C=O) groups excluding carboxylic acids is 1. The molecule has 9 nitrogen and oxygen atoms in total. The zero-order valence-electron chi connectivity index (χ0n) is 23.5. The molecule has 41 heavy (non-hydrogen) atoms. The predicted molar refractivity (Wildman–Crippen MR) is 156 cm³/mol. The van der Waals surface area contributed by atoms with Gasteiger partial charge in [-0.1, -0.05) is 31.2 Å². The Hall–Kier alpha value is -3.35. The van der Waals surface area contributed by atoms with E-state index in [4.69, 9.17) is 10.8 Å². The highest BCUT2D eigenvalue weighted by Crippen LogP contribution is 2.37. The van der Waals surface area contributed by atoms with Crippen molar-refractivity contribution in [2.75, 3.05) is 25.4 Å². The number of aromatic nitrogens is 1. The number of carboxylic acid groups (broad SMARTS) is 1. The lowest BCUT2D eigenvalue weighted by molar-refractivity contribution is -0.161. The van der Waals surface area contributed by atoms with Gasteiger partial charge in [-0.25, -0.2) is 17.5 Å².